The zero-order valence-electron chi connectivity index (χ0n) is 42.6. The van der Waals surface area contributed by atoms with E-state index in [1.807, 2.05) is 115 Å². The van der Waals surface area contributed by atoms with Crippen LogP contribution >= 0.6 is 0 Å². The van der Waals surface area contributed by atoms with Crippen molar-refractivity contribution in [3.05, 3.63) is 212 Å². The Morgan fingerprint density at radius 2 is 1.02 bits per heavy atom. The van der Waals surface area contributed by atoms with E-state index in [0.717, 1.165) is 43.3 Å². The molecule has 0 fully saturated rings. The van der Waals surface area contributed by atoms with Gasteiger partial charge in [-0.3, -0.25) is 0 Å². The highest BCUT2D eigenvalue weighted by atomic mass is 16.3. The fourth-order valence-corrected chi connectivity index (χ4v) is 7.71. The Morgan fingerprint density at radius 3 is 1.80 bits per heavy atom. The van der Waals surface area contributed by atoms with Crippen LogP contribution in [0.4, 0.5) is 17.1 Å². The lowest BCUT2D eigenvalue weighted by Crippen LogP contribution is -2.10. The van der Waals surface area contributed by atoms with Crippen molar-refractivity contribution in [1.29, 1.82) is 0 Å². The minimum Gasteiger partial charge on any atom is -0.455 e. The summed E-state index contributed by atoms with van der Waals surface area (Å²) in [5, 5.41) is 6.88. The largest absolute Gasteiger partial charge is 0.455 e. The Bertz CT molecular complexity index is 3950. The highest BCUT2D eigenvalue weighted by molar-refractivity contribution is 6.19. The van der Waals surface area contributed by atoms with Crippen LogP contribution in [0, 0.1) is 0 Å². The maximum absolute atomic E-state index is 9.76. The van der Waals surface area contributed by atoms with Gasteiger partial charge in [-0.25, -0.2) is 0 Å². The summed E-state index contributed by atoms with van der Waals surface area (Å²) in [6, 6.07) is 33.1. The standard InChI is InChI=1S/C54H35NO/c1-2-12-36(13-3-1)37-24-29-42(30-25-37)55(43-31-26-39(27-32-43)51-35-41-15-5-6-18-45(41)48-20-8-9-21-49(48)51)44-17-10-16-40(34-44)46-22-11-23-52-53(46)50-33-28-38-14-4-7-19-47(38)54(50)56-52/h1-35H/i1D,2D,3D,12D,13D,24D,25D,26D,27D,29D,30D,31D,32D. The van der Waals surface area contributed by atoms with E-state index in [4.69, 9.17) is 11.3 Å². The summed E-state index contributed by atoms with van der Waals surface area (Å²) in [6.07, 6.45) is 0. The SMILES string of the molecule is [2H]c1c([2H])c([2H])c(-c2c([2H])c([2H])c(N(c3cccc(-c4cccc5oc6c7ccccc7ccc6c45)c3)c3c([2H])c([2H])c(-c4cc5ccccc5c5ccccc45)c([2H])c3[2H])c([2H])c2[2H])c([2H])c1[2H]. The molecule has 0 spiro atoms. The van der Waals surface area contributed by atoms with Crippen LogP contribution in [-0.4, -0.2) is 0 Å². The van der Waals surface area contributed by atoms with Gasteiger partial charge in [0.1, 0.15) is 11.2 Å². The van der Waals surface area contributed by atoms with Crippen molar-refractivity contribution in [2.24, 2.45) is 0 Å². The van der Waals surface area contributed by atoms with E-state index in [-0.39, 0.29) is 16.9 Å². The predicted octanol–water partition coefficient (Wildman–Crippen LogP) is 15.5. The summed E-state index contributed by atoms with van der Waals surface area (Å²) in [6.45, 7) is 0. The first-order valence-electron chi connectivity index (χ1n) is 24.6. The molecule has 0 saturated heterocycles. The Hall–Kier alpha value is -7.42. The summed E-state index contributed by atoms with van der Waals surface area (Å²) in [5.41, 5.74) is 1.40. The summed E-state index contributed by atoms with van der Waals surface area (Å²) in [7, 11) is 0. The molecule has 11 aromatic rings. The van der Waals surface area contributed by atoms with Crippen LogP contribution in [0.5, 0.6) is 0 Å². The number of anilines is 3. The molecule has 1 aromatic heterocycles. The maximum Gasteiger partial charge on any atom is 0.143 e. The Labute approximate surface area is 343 Å². The normalized spacial score (nSPS) is 14.8. The Kier molecular flexibility index (Phi) is 5.04. The molecule has 0 atom stereocenters. The van der Waals surface area contributed by atoms with Crippen molar-refractivity contribution in [2.45, 2.75) is 0 Å². The number of rotatable bonds is 6. The third kappa shape index (κ3) is 5.34. The van der Waals surface area contributed by atoms with Crippen molar-refractivity contribution in [3.8, 4) is 33.4 Å². The molecule has 0 amide bonds. The van der Waals surface area contributed by atoms with Crippen LogP contribution in [0.3, 0.4) is 0 Å². The summed E-state index contributed by atoms with van der Waals surface area (Å²) >= 11 is 0. The Morgan fingerprint density at radius 1 is 0.375 bits per heavy atom. The monoisotopic (exact) mass is 726 g/mol. The molecule has 56 heavy (non-hydrogen) atoms. The van der Waals surface area contributed by atoms with Gasteiger partial charge >= 0.3 is 0 Å². The number of benzene rings is 10. The Balaban J connectivity index is 1.20. The molecule has 0 aliphatic heterocycles. The lowest BCUT2D eigenvalue weighted by molar-refractivity contribution is 0.673. The lowest BCUT2D eigenvalue weighted by Gasteiger charge is -2.26. The smallest absolute Gasteiger partial charge is 0.143 e. The van der Waals surface area contributed by atoms with E-state index >= 15 is 0 Å². The van der Waals surface area contributed by atoms with Crippen LogP contribution in [-0.2, 0) is 0 Å². The summed E-state index contributed by atoms with van der Waals surface area (Å²) < 4.78 is 125. The molecule has 262 valence electrons. The van der Waals surface area contributed by atoms with Crippen molar-refractivity contribution in [2.75, 3.05) is 4.90 Å². The van der Waals surface area contributed by atoms with E-state index in [1.165, 1.54) is 4.90 Å². The first-order chi connectivity index (χ1) is 33.2. The highest BCUT2D eigenvalue weighted by Crippen LogP contribution is 2.43. The molecular weight excluding hydrogens is 679 g/mol. The van der Waals surface area contributed by atoms with E-state index in [9.17, 15) is 11.0 Å². The second kappa shape index (κ2) is 13.2. The predicted molar refractivity (Wildman–Crippen MR) is 237 cm³/mol. The lowest BCUT2D eigenvalue weighted by atomic mass is 9.93. The third-order valence-corrected chi connectivity index (χ3v) is 10.3. The molecule has 2 heteroatoms. The molecule has 0 unspecified atom stereocenters. The molecule has 11 rings (SSSR count). The van der Waals surface area contributed by atoms with Crippen molar-refractivity contribution >= 4 is 71.3 Å². The fraction of sp³-hybridized carbons (Fsp3) is 0. The van der Waals surface area contributed by atoms with E-state index in [1.54, 1.807) is 18.2 Å². The molecule has 0 saturated carbocycles. The van der Waals surface area contributed by atoms with Crippen LogP contribution in [0.25, 0.3) is 87.6 Å². The van der Waals surface area contributed by atoms with E-state index < -0.39 is 95.4 Å². The average Bonchev–Trinajstić information content (AvgIpc) is 3.77. The highest BCUT2D eigenvalue weighted by Gasteiger charge is 2.18. The third-order valence-electron chi connectivity index (χ3n) is 10.3. The number of furan rings is 1. The molecule has 0 aliphatic carbocycles. The van der Waals surface area contributed by atoms with Gasteiger partial charge in [-0.2, -0.15) is 0 Å². The zero-order valence-corrected chi connectivity index (χ0v) is 29.6. The van der Waals surface area contributed by atoms with Gasteiger partial charge in [0.05, 0.1) is 17.8 Å². The first kappa shape index (κ1) is 21.5. The van der Waals surface area contributed by atoms with E-state index in [2.05, 4.69) is 0 Å². The molecule has 1 heterocycles. The zero-order chi connectivity index (χ0) is 48.3. The van der Waals surface area contributed by atoms with Crippen LogP contribution in [0.2, 0.25) is 0 Å². The second-order valence-electron chi connectivity index (χ2n) is 13.5. The van der Waals surface area contributed by atoms with Gasteiger partial charge in [0.15, 0.2) is 0 Å². The summed E-state index contributed by atoms with van der Waals surface area (Å²) in [5.74, 6) is 0. The van der Waals surface area contributed by atoms with Crippen LogP contribution < -0.4 is 4.90 Å². The second-order valence-corrected chi connectivity index (χ2v) is 13.5. The van der Waals surface area contributed by atoms with Gasteiger partial charge < -0.3 is 9.32 Å². The molecule has 2 nitrogen and oxygen atoms in total. The van der Waals surface area contributed by atoms with Gasteiger partial charge in [-0.1, -0.05) is 158 Å². The van der Waals surface area contributed by atoms with Gasteiger partial charge in [-0.05, 0) is 115 Å². The van der Waals surface area contributed by atoms with Crippen LogP contribution in [0.1, 0.15) is 17.8 Å². The number of hydrogen-bond donors (Lipinski definition) is 0. The molecular formula is C54H35NO. The van der Waals surface area contributed by atoms with Crippen LogP contribution in [0.15, 0.2) is 216 Å². The minimum atomic E-state index is -0.748. The summed E-state index contributed by atoms with van der Waals surface area (Å²) in [4.78, 5) is 1.19. The molecule has 10 aromatic carbocycles. The fourth-order valence-electron chi connectivity index (χ4n) is 7.71. The van der Waals surface area contributed by atoms with Gasteiger partial charge in [0.25, 0.3) is 0 Å². The van der Waals surface area contributed by atoms with Crippen molar-refractivity contribution in [1.82, 2.24) is 0 Å². The molecule has 0 bridgehead atoms. The first-order valence-corrected chi connectivity index (χ1v) is 18.1. The number of hydrogen-bond acceptors (Lipinski definition) is 2. The average molecular weight is 727 g/mol. The number of nitrogens with zero attached hydrogens (tertiary/aromatic N) is 1. The molecule has 0 radical (unpaired) electrons. The minimum absolute atomic E-state index is 0.0199. The quantitative estimate of drug-likeness (QED) is 0.159. The van der Waals surface area contributed by atoms with Gasteiger partial charge in [0.2, 0.25) is 0 Å². The number of fused-ring (bicyclic) bond motifs is 8. The molecule has 0 N–H and O–H groups in total. The maximum atomic E-state index is 9.76. The molecule has 0 aliphatic rings. The van der Waals surface area contributed by atoms with E-state index in [0.29, 0.717) is 27.7 Å². The topological polar surface area (TPSA) is 16.4 Å². The van der Waals surface area contributed by atoms with Gasteiger partial charge in [-0.15, -0.1) is 0 Å². The van der Waals surface area contributed by atoms with Gasteiger partial charge in [0, 0.05) is 33.2 Å². The van der Waals surface area contributed by atoms with Crippen molar-refractivity contribution < 1.29 is 22.2 Å². The van der Waals surface area contributed by atoms with Crippen molar-refractivity contribution in [3.63, 3.8) is 0 Å².